The highest BCUT2D eigenvalue weighted by molar-refractivity contribution is 5.94. The quantitative estimate of drug-likeness (QED) is 0.505. The summed E-state index contributed by atoms with van der Waals surface area (Å²) in [6, 6.07) is 7.46. The molecule has 3 rings (SSSR count). The Balaban J connectivity index is 1.40. The van der Waals surface area contributed by atoms with Gasteiger partial charge in [0.15, 0.2) is 6.61 Å². The zero-order valence-corrected chi connectivity index (χ0v) is 21.3. The Labute approximate surface area is 208 Å². The number of carbonyl (C=O) groups excluding carboxylic acids is 3. The standard InChI is InChI=1S/C26H40N4O5/c1-20-6-4-7-21(2)30(20)25(32)19-35-23-10-8-22(9-11-23)26(33)29-15-13-28(14-16-29)18-24(31)27-12-5-17-34-3/h8-11,20-21H,4-7,12-19H2,1-3H3,(H,27,31). The number of benzene rings is 1. The number of methoxy groups -OCH3 is 1. The molecule has 0 aromatic heterocycles. The average Bonchev–Trinajstić information content (AvgIpc) is 2.85. The third kappa shape index (κ3) is 7.93. The molecule has 2 unspecified atom stereocenters. The molecule has 2 saturated heterocycles. The van der Waals surface area contributed by atoms with Crippen LogP contribution < -0.4 is 10.1 Å². The lowest BCUT2D eigenvalue weighted by Crippen LogP contribution is -2.51. The number of hydrogen-bond donors (Lipinski definition) is 1. The summed E-state index contributed by atoms with van der Waals surface area (Å²) in [6.45, 7) is 8.24. The fraction of sp³-hybridized carbons (Fsp3) is 0.654. The lowest BCUT2D eigenvalue weighted by molar-refractivity contribution is -0.139. The lowest BCUT2D eigenvalue weighted by atomic mass is 9.97. The molecule has 3 amide bonds. The van der Waals surface area contributed by atoms with Crippen molar-refractivity contribution in [3.8, 4) is 5.75 Å². The van der Waals surface area contributed by atoms with E-state index < -0.39 is 0 Å². The van der Waals surface area contributed by atoms with Crippen molar-refractivity contribution in [2.45, 2.75) is 51.6 Å². The van der Waals surface area contributed by atoms with Crippen LogP contribution in [0.1, 0.15) is 49.9 Å². The smallest absolute Gasteiger partial charge is 0.260 e. The van der Waals surface area contributed by atoms with Crippen molar-refractivity contribution in [1.82, 2.24) is 20.0 Å². The van der Waals surface area contributed by atoms with Crippen LogP contribution in [-0.4, -0.2) is 104 Å². The highest BCUT2D eigenvalue weighted by Gasteiger charge is 2.29. The van der Waals surface area contributed by atoms with Crippen molar-refractivity contribution < 1.29 is 23.9 Å². The maximum atomic E-state index is 12.9. The Kier molecular flexibility index (Phi) is 10.3. The third-order valence-corrected chi connectivity index (χ3v) is 6.82. The molecule has 0 spiro atoms. The van der Waals surface area contributed by atoms with E-state index in [4.69, 9.17) is 9.47 Å². The highest BCUT2D eigenvalue weighted by Crippen LogP contribution is 2.23. The van der Waals surface area contributed by atoms with Gasteiger partial charge in [-0.05, 0) is 63.8 Å². The topological polar surface area (TPSA) is 91.4 Å². The molecule has 0 bridgehead atoms. The molecule has 0 saturated carbocycles. The van der Waals surface area contributed by atoms with Gasteiger partial charge in [0.2, 0.25) is 5.91 Å². The van der Waals surface area contributed by atoms with Gasteiger partial charge in [-0.3, -0.25) is 19.3 Å². The van der Waals surface area contributed by atoms with E-state index in [9.17, 15) is 14.4 Å². The predicted molar refractivity (Wildman–Crippen MR) is 133 cm³/mol. The number of rotatable bonds is 10. The first-order valence-corrected chi connectivity index (χ1v) is 12.7. The molecule has 35 heavy (non-hydrogen) atoms. The van der Waals surface area contributed by atoms with Gasteiger partial charge in [-0.25, -0.2) is 0 Å². The number of piperazine rings is 1. The maximum absolute atomic E-state index is 12.9. The molecule has 0 radical (unpaired) electrons. The molecule has 2 aliphatic heterocycles. The van der Waals surface area contributed by atoms with E-state index in [0.717, 1.165) is 25.7 Å². The lowest BCUT2D eigenvalue weighted by Gasteiger charge is -2.39. The Morgan fingerprint density at radius 2 is 1.66 bits per heavy atom. The summed E-state index contributed by atoms with van der Waals surface area (Å²) in [4.78, 5) is 43.4. The van der Waals surface area contributed by atoms with Gasteiger partial charge in [-0.1, -0.05) is 0 Å². The molecule has 2 fully saturated rings. The van der Waals surface area contributed by atoms with E-state index >= 15 is 0 Å². The van der Waals surface area contributed by atoms with Crippen LogP contribution in [0.15, 0.2) is 24.3 Å². The molecular formula is C26H40N4O5. The Bertz CT molecular complexity index is 829. The summed E-state index contributed by atoms with van der Waals surface area (Å²) >= 11 is 0. The first kappa shape index (κ1) is 26.9. The number of amides is 3. The Morgan fingerprint density at radius 1 is 1.00 bits per heavy atom. The number of nitrogens with zero attached hydrogens (tertiary/aromatic N) is 3. The van der Waals surface area contributed by atoms with Crippen LogP contribution in [0.2, 0.25) is 0 Å². The predicted octanol–water partition coefficient (Wildman–Crippen LogP) is 1.77. The molecule has 194 valence electrons. The van der Waals surface area contributed by atoms with Crippen molar-refractivity contribution in [3.63, 3.8) is 0 Å². The van der Waals surface area contributed by atoms with Crippen molar-refractivity contribution in [1.29, 1.82) is 0 Å². The number of piperidine rings is 1. The van der Waals surface area contributed by atoms with Gasteiger partial charge < -0.3 is 24.6 Å². The van der Waals surface area contributed by atoms with Gasteiger partial charge in [-0.15, -0.1) is 0 Å². The Hall–Kier alpha value is -2.65. The third-order valence-electron chi connectivity index (χ3n) is 6.82. The summed E-state index contributed by atoms with van der Waals surface area (Å²) in [7, 11) is 1.64. The van der Waals surface area contributed by atoms with Gasteiger partial charge in [0, 0.05) is 64.1 Å². The average molecular weight is 489 g/mol. The maximum Gasteiger partial charge on any atom is 0.260 e. The molecular weight excluding hydrogens is 448 g/mol. The second-order valence-corrected chi connectivity index (χ2v) is 9.51. The second kappa shape index (κ2) is 13.4. The molecule has 9 heteroatoms. The van der Waals surface area contributed by atoms with Crippen LogP contribution >= 0.6 is 0 Å². The number of carbonyl (C=O) groups is 3. The fourth-order valence-electron chi connectivity index (χ4n) is 4.82. The van der Waals surface area contributed by atoms with Gasteiger partial charge in [-0.2, -0.15) is 0 Å². The minimum atomic E-state index is -0.0349. The summed E-state index contributed by atoms with van der Waals surface area (Å²) < 4.78 is 10.7. The van der Waals surface area contributed by atoms with Crippen LogP contribution in [-0.2, 0) is 14.3 Å². The van der Waals surface area contributed by atoms with Crippen molar-refractivity contribution >= 4 is 17.7 Å². The zero-order valence-electron chi connectivity index (χ0n) is 21.3. The first-order valence-electron chi connectivity index (χ1n) is 12.7. The van der Waals surface area contributed by atoms with Crippen LogP contribution in [0.25, 0.3) is 0 Å². The summed E-state index contributed by atoms with van der Waals surface area (Å²) in [5.41, 5.74) is 0.589. The number of hydrogen-bond acceptors (Lipinski definition) is 6. The minimum Gasteiger partial charge on any atom is -0.484 e. The molecule has 0 aliphatic carbocycles. The van der Waals surface area contributed by atoms with Crippen molar-refractivity contribution in [3.05, 3.63) is 29.8 Å². The number of nitrogens with one attached hydrogen (secondary N) is 1. The van der Waals surface area contributed by atoms with Crippen LogP contribution in [0.4, 0.5) is 0 Å². The van der Waals surface area contributed by atoms with Crippen LogP contribution in [0.3, 0.4) is 0 Å². The zero-order chi connectivity index (χ0) is 25.2. The van der Waals surface area contributed by atoms with Crippen LogP contribution in [0.5, 0.6) is 5.75 Å². The monoisotopic (exact) mass is 488 g/mol. The summed E-state index contributed by atoms with van der Waals surface area (Å²) in [5, 5.41) is 2.89. The van der Waals surface area contributed by atoms with E-state index in [1.807, 2.05) is 9.80 Å². The van der Waals surface area contributed by atoms with E-state index in [1.165, 1.54) is 0 Å². The molecule has 1 aromatic rings. The van der Waals surface area contributed by atoms with Crippen LogP contribution in [0, 0.1) is 0 Å². The number of ether oxygens (including phenoxy) is 2. The van der Waals surface area contributed by atoms with E-state index in [-0.39, 0.29) is 36.4 Å². The van der Waals surface area contributed by atoms with Crippen molar-refractivity contribution in [2.75, 3.05) is 59.6 Å². The van der Waals surface area contributed by atoms with Crippen molar-refractivity contribution in [2.24, 2.45) is 0 Å². The largest absolute Gasteiger partial charge is 0.484 e. The Morgan fingerprint density at radius 3 is 2.29 bits per heavy atom. The molecule has 9 nitrogen and oxygen atoms in total. The fourth-order valence-corrected chi connectivity index (χ4v) is 4.82. The molecule has 1 aromatic carbocycles. The normalized spacial score (nSPS) is 21.0. The summed E-state index contributed by atoms with van der Waals surface area (Å²) in [5.74, 6) is 0.548. The van der Waals surface area contributed by atoms with Gasteiger partial charge in [0.25, 0.3) is 11.8 Å². The van der Waals surface area contributed by atoms with E-state index in [1.54, 1.807) is 31.4 Å². The summed E-state index contributed by atoms with van der Waals surface area (Å²) in [6.07, 6.45) is 4.01. The van der Waals surface area contributed by atoms with E-state index in [0.29, 0.717) is 57.2 Å². The first-order chi connectivity index (χ1) is 16.9. The minimum absolute atomic E-state index is 0.000786. The van der Waals surface area contributed by atoms with Gasteiger partial charge in [0.05, 0.1) is 6.54 Å². The van der Waals surface area contributed by atoms with E-state index in [2.05, 4.69) is 24.1 Å². The van der Waals surface area contributed by atoms with Gasteiger partial charge >= 0.3 is 0 Å². The highest BCUT2D eigenvalue weighted by atomic mass is 16.5. The van der Waals surface area contributed by atoms with Gasteiger partial charge in [0.1, 0.15) is 5.75 Å². The SMILES string of the molecule is COCCCNC(=O)CN1CCN(C(=O)c2ccc(OCC(=O)N3C(C)CCCC3C)cc2)CC1. The molecule has 2 heterocycles. The number of likely N-dealkylation sites (tertiary alicyclic amines) is 1. The molecule has 1 N–H and O–H groups in total. The molecule has 2 atom stereocenters. The second-order valence-electron chi connectivity index (χ2n) is 9.51. The molecule has 2 aliphatic rings.